The standard InChI is InChI=1S/C17H25ClN2O/c1-2-3-4-5-9-19-10-12-20(13-11-19)17(21)15-7-6-8-16(18)14-15/h6-8,14H,2-5,9-13H2,1H3. The molecule has 1 amide bonds. The van der Waals surface area contributed by atoms with E-state index in [-0.39, 0.29) is 5.91 Å². The molecule has 0 aromatic heterocycles. The highest BCUT2D eigenvalue weighted by molar-refractivity contribution is 6.30. The summed E-state index contributed by atoms with van der Waals surface area (Å²) >= 11 is 5.95. The first kappa shape index (κ1) is 16.3. The Morgan fingerprint density at radius 2 is 1.90 bits per heavy atom. The maximum atomic E-state index is 12.4. The predicted molar refractivity (Wildman–Crippen MR) is 87.9 cm³/mol. The molecule has 1 aliphatic rings. The van der Waals surface area contributed by atoms with Crippen LogP contribution < -0.4 is 0 Å². The lowest BCUT2D eigenvalue weighted by molar-refractivity contribution is 0.0635. The molecule has 1 fully saturated rings. The average molecular weight is 309 g/mol. The zero-order valence-corrected chi connectivity index (χ0v) is 13.6. The van der Waals surface area contributed by atoms with Gasteiger partial charge in [0.15, 0.2) is 0 Å². The van der Waals surface area contributed by atoms with E-state index in [1.165, 1.54) is 32.2 Å². The van der Waals surface area contributed by atoms with Gasteiger partial charge in [0, 0.05) is 36.8 Å². The van der Waals surface area contributed by atoms with Crippen LogP contribution in [0.25, 0.3) is 0 Å². The number of hydrogen-bond acceptors (Lipinski definition) is 2. The average Bonchev–Trinajstić information content (AvgIpc) is 2.51. The van der Waals surface area contributed by atoms with Crippen LogP contribution in [0.2, 0.25) is 5.02 Å². The molecule has 0 atom stereocenters. The van der Waals surface area contributed by atoms with Gasteiger partial charge >= 0.3 is 0 Å². The fraction of sp³-hybridized carbons (Fsp3) is 0.588. The van der Waals surface area contributed by atoms with Crippen molar-refractivity contribution in [3.8, 4) is 0 Å². The lowest BCUT2D eigenvalue weighted by Gasteiger charge is -2.34. The third-order valence-corrected chi connectivity index (χ3v) is 4.29. The van der Waals surface area contributed by atoms with Crippen molar-refractivity contribution in [1.29, 1.82) is 0 Å². The van der Waals surface area contributed by atoms with Gasteiger partial charge in [-0.25, -0.2) is 0 Å². The zero-order chi connectivity index (χ0) is 15.1. The van der Waals surface area contributed by atoms with Gasteiger partial charge in [-0.05, 0) is 31.2 Å². The lowest BCUT2D eigenvalue weighted by Crippen LogP contribution is -2.48. The van der Waals surface area contributed by atoms with Crippen LogP contribution in [-0.4, -0.2) is 48.4 Å². The summed E-state index contributed by atoms with van der Waals surface area (Å²) in [5.41, 5.74) is 0.693. The van der Waals surface area contributed by atoms with Gasteiger partial charge in [-0.1, -0.05) is 43.9 Å². The molecule has 21 heavy (non-hydrogen) atoms. The van der Waals surface area contributed by atoms with Crippen LogP contribution >= 0.6 is 11.6 Å². The molecular formula is C17H25ClN2O. The fourth-order valence-electron chi connectivity index (χ4n) is 2.74. The number of nitrogens with zero attached hydrogens (tertiary/aromatic N) is 2. The third kappa shape index (κ3) is 5.01. The highest BCUT2D eigenvalue weighted by atomic mass is 35.5. The van der Waals surface area contributed by atoms with E-state index >= 15 is 0 Å². The number of carbonyl (C=O) groups is 1. The Labute approximate surface area is 132 Å². The number of amides is 1. The Morgan fingerprint density at radius 3 is 2.57 bits per heavy atom. The van der Waals surface area contributed by atoms with E-state index in [0.717, 1.165) is 26.2 Å². The molecule has 0 N–H and O–H groups in total. The monoisotopic (exact) mass is 308 g/mol. The summed E-state index contributed by atoms with van der Waals surface area (Å²) in [5, 5.41) is 0.621. The van der Waals surface area contributed by atoms with Gasteiger partial charge in [-0.15, -0.1) is 0 Å². The van der Waals surface area contributed by atoms with E-state index in [4.69, 9.17) is 11.6 Å². The summed E-state index contributed by atoms with van der Waals surface area (Å²) in [6, 6.07) is 7.22. The normalized spacial score (nSPS) is 16.2. The zero-order valence-electron chi connectivity index (χ0n) is 12.9. The Morgan fingerprint density at radius 1 is 1.14 bits per heavy atom. The molecule has 1 saturated heterocycles. The first-order valence-electron chi connectivity index (χ1n) is 7.98. The molecule has 0 aliphatic carbocycles. The Balaban J connectivity index is 1.77. The lowest BCUT2D eigenvalue weighted by atomic mass is 10.1. The van der Waals surface area contributed by atoms with Gasteiger partial charge < -0.3 is 4.90 Å². The summed E-state index contributed by atoms with van der Waals surface area (Å²) in [7, 11) is 0. The number of unbranched alkanes of at least 4 members (excludes halogenated alkanes) is 3. The molecule has 1 heterocycles. The highest BCUT2D eigenvalue weighted by Crippen LogP contribution is 2.14. The van der Waals surface area contributed by atoms with Crippen molar-refractivity contribution in [3.63, 3.8) is 0 Å². The van der Waals surface area contributed by atoms with Crippen molar-refractivity contribution in [2.75, 3.05) is 32.7 Å². The van der Waals surface area contributed by atoms with E-state index in [0.29, 0.717) is 10.6 Å². The first-order valence-corrected chi connectivity index (χ1v) is 8.35. The molecule has 0 spiro atoms. The van der Waals surface area contributed by atoms with Crippen molar-refractivity contribution < 1.29 is 4.79 Å². The van der Waals surface area contributed by atoms with Crippen molar-refractivity contribution >= 4 is 17.5 Å². The summed E-state index contributed by atoms with van der Waals surface area (Å²) in [6.45, 7) is 7.01. The molecular weight excluding hydrogens is 284 g/mol. The Kier molecular flexibility index (Phi) is 6.52. The van der Waals surface area contributed by atoms with Gasteiger partial charge in [-0.2, -0.15) is 0 Å². The molecule has 0 saturated carbocycles. The van der Waals surface area contributed by atoms with Gasteiger partial charge in [0.05, 0.1) is 0 Å². The molecule has 116 valence electrons. The predicted octanol–water partition coefficient (Wildman–Crippen LogP) is 3.68. The van der Waals surface area contributed by atoms with Crippen LogP contribution in [0.3, 0.4) is 0 Å². The molecule has 2 rings (SSSR count). The van der Waals surface area contributed by atoms with Crippen molar-refractivity contribution in [2.24, 2.45) is 0 Å². The van der Waals surface area contributed by atoms with Crippen molar-refractivity contribution in [3.05, 3.63) is 34.9 Å². The maximum Gasteiger partial charge on any atom is 0.253 e. The quantitative estimate of drug-likeness (QED) is 0.749. The van der Waals surface area contributed by atoms with Crippen molar-refractivity contribution in [1.82, 2.24) is 9.80 Å². The molecule has 0 radical (unpaired) electrons. The van der Waals surface area contributed by atoms with E-state index < -0.39 is 0 Å². The van der Waals surface area contributed by atoms with Crippen LogP contribution in [-0.2, 0) is 0 Å². The minimum atomic E-state index is 0.100. The van der Waals surface area contributed by atoms with Gasteiger partial charge in [0.1, 0.15) is 0 Å². The second-order valence-corrected chi connectivity index (χ2v) is 6.14. The van der Waals surface area contributed by atoms with E-state index in [9.17, 15) is 4.79 Å². The summed E-state index contributed by atoms with van der Waals surface area (Å²) in [5.74, 6) is 0.100. The van der Waals surface area contributed by atoms with Crippen LogP contribution in [0.4, 0.5) is 0 Å². The SMILES string of the molecule is CCCCCCN1CCN(C(=O)c2cccc(Cl)c2)CC1. The molecule has 4 heteroatoms. The molecule has 1 aromatic carbocycles. The van der Waals surface area contributed by atoms with Gasteiger partial charge in [0.25, 0.3) is 5.91 Å². The minimum absolute atomic E-state index is 0.100. The summed E-state index contributed by atoms with van der Waals surface area (Å²) < 4.78 is 0. The number of halogens is 1. The van der Waals surface area contributed by atoms with Crippen LogP contribution in [0.1, 0.15) is 43.0 Å². The number of carbonyl (C=O) groups excluding carboxylic acids is 1. The largest absolute Gasteiger partial charge is 0.336 e. The summed E-state index contributed by atoms with van der Waals surface area (Å²) in [4.78, 5) is 16.8. The Bertz CT molecular complexity index is 456. The Hall–Kier alpha value is -1.06. The molecule has 0 bridgehead atoms. The molecule has 3 nitrogen and oxygen atoms in total. The van der Waals surface area contributed by atoms with Crippen LogP contribution in [0, 0.1) is 0 Å². The van der Waals surface area contributed by atoms with Crippen LogP contribution in [0.15, 0.2) is 24.3 Å². The van der Waals surface area contributed by atoms with E-state index in [1.807, 2.05) is 17.0 Å². The fourth-order valence-corrected chi connectivity index (χ4v) is 2.93. The van der Waals surface area contributed by atoms with E-state index in [1.54, 1.807) is 12.1 Å². The number of benzene rings is 1. The van der Waals surface area contributed by atoms with Gasteiger partial charge in [0.2, 0.25) is 0 Å². The second kappa shape index (κ2) is 8.40. The third-order valence-electron chi connectivity index (χ3n) is 4.06. The molecule has 1 aliphatic heterocycles. The number of hydrogen-bond donors (Lipinski definition) is 0. The van der Waals surface area contributed by atoms with Crippen molar-refractivity contribution in [2.45, 2.75) is 32.6 Å². The molecule has 0 unspecified atom stereocenters. The molecule has 1 aromatic rings. The highest BCUT2D eigenvalue weighted by Gasteiger charge is 2.21. The summed E-state index contributed by atoms with van der Waals surface area (Å²) in [6.07, 6.45) is 5.20. The first-order chi connectivity index (χ1) is 10.2. The van der Waals surface area contributed by atoms with Gasteiger partial charge in [-0.3, -0.25) is 9.69 Å². The number of rotatable bonds is 6. The maximum absolute atomic E-state index is 12.4. The second-order valence-electron chi connectivity index (χ2n) is 5.70. The van der Waals surface area contributed by atoms with E-state index in [2.05, 4.69) is 11.8 Å². The van der Waals surface area contributed by atoms with Crippen LogP contribution in [0.5, 0.6) is 0 Å². The topological polar surface area (TPSA) is 23.6 Å². The number of piperazine rings is 1. The minimum Gasteiger partial charge on any atom is -0.336 e. The smallest absolute Gasteiger partial charge is 0.253 e.